The quantitative estimate of drug-likeness (QED) is 0.884. The van der Waals surface area contributed by atoms with Crippen LogP contribution in [-0.2, 0) is 11.3 Å². The van der Waals surface area contributed by atoms with Crippen LogP contribution in [0.5, 0.6) is 0 Å². The molecule has 1 saturated heterocycles. The predicted molar refractivity (Wildman–Crippen MR) is 79.2 cm³/mol. The Kier molecular flexibility index (Phi) is 5.31. The first-order valence-corrected chi connectivity index (χ1v) is 7.38. The Balaban J connectivity index is 1.78. The van der Waals surface area contributed by atoms with Gasteiger partial charge < -0.3 is 10.4 Å². The number of nitrogens with one attached hydrogen (secondary N) is 1. The van der Waals surface area contributed by atoms with Gasteiger partial charge in [0.1, 0.15) is 5.82 Å². The molecule has 0 saturated carbocycles. The molecule has 1 aliphatic rings. The highest BCUT2D eigenvalue weighted by Crippen LogP contribution is 2.16. The number of aliphatic hydroxyl groups excluding tert-OH is 1. The number of hydrogen-bond acceptors (Lipinski definition) is 3. The molecule has 116 valence electrons. The van der Waals surface area contributed by atoms with Crippen molar-refractivity contribution in [3.05, 3.63) is 35.1 Å². The summed E-state index contributed by atoms with van der Waals surface area (Å²) < 4.78 is 13.4. The molecule has 0 aliphatic carbocycles. The number of halogens is 1. The predicted octanol–water partition coefficient (Wildman–Crippen LogP) is 1.45. The fourth-order valence-electron chi connectivity index (χ4n) is 2.57. The molecule has 21 heavy (non-hydrogen) atoms. The number of piperidine rings is 1. The molecule has 1 fully saturated rings. The zero-order valence-corrected chi connectivity index (χ0v) is 12.6. The van der Waals surface area contributed by atoms with Gasteiger partial charge in [-0.15, -0.1) is 0 Å². The highest BCUT2D eigenvalue weighted by atomic mass is 19.1. The Morgan fingerprint density at radius 1 is 1.52 bits per heavy atom. The van der Waals surface area contributed by atoms with Crippen molar-refractivity contribution in [1.82, 2.24) is 10.2 Å². The van der Waals surface area contributed by atoms with Crippen molar-refractivity contribution in [3.8, 4) is 0 Å². The highest BCUT2D eigenvalue weighted by molar-refractivity contribution is 5.78. The fraction of sp³-hybridized carbons (Fsp3) is 0.562. The summed E-state index contributed by atoms with van der Waals surface area (Å²) >= 11 is 0. The van der Waals surface area contributed by atoms with Gasteiger partial charge in [-0.1, -0.05) is 19.1 Å². The van der Waals surface area contributed by atoms with E-state index in [2.05, 4.69) is 5.32 Å². The van der Waals surface area contributed by atoms with Crippen LogP contribution >= 0.6 is 0 Å². The van der Waals surface area contributed by atoms with Crippen molar-refractivity contribution < 1.29 is 14.3 Å². The average Bonchev–Trinajstić information content (AvgIpc) is 2.44. The van der Waals surface area contributed by atoms with Crippen molar-refractivity contribution in [3.63, 3.8) is 0 Å². The Morgan fingerprint density at radius 3 is 2.95 bits per heavy atom. The zero-order chi connectivity index (χ0) is 15.4. The Bertz CT molecular complexity index is 507. The minimum atomic E-state index is -0.264. The van der Waals surface area contributed by atoms with Gasteiger partial charge in [-0.25, -0.2) is 4.39 Å². The zero-order valence-electron chi connectivity index (χ0n) is 12.6. The van der Waals surface area contributed by atoms with Crippen LogP contribution < -0.4 is 5.32 Å². The topological polar surface area (TPSA) is 52.6 Å². The van der Waals surface area contributed by atoms with Crippen LogP contribution in [0.1, 0.15) is 24.5 Å². The van der Waals surface area contributed by atoms with Gasteiger partial charge in [-0.2, -0.15) is 0 Å². The van der Waals surface area contributed by atoms with Gasteiger partial charge >= 0.3 is 0 Å². The molecule has 1 aromatic rings. The third-order valence-electron chi connectivity index (χ3n) is 4.04. The van der Waals surface area contributed by atoms with E-state index in [0.717, 1.165) is 18.7 Å². The molecular formula is C16H23FN2O2. The second-order valence-corrected chi connectivity index (χ2v) is 5.93. The Labute approximate surface area is 125 Å². The number of carbonyl (C=O) groups is 1. The van der Waals surface area contributed by atoms with E-state index >= 15 is 0 Å². The van der Waals surface area contributed by atoms with E-state index in [4.69, 9.17) is 0 Å². The lowest BCUT2D eigenvalue weighted by Crippen LogP contribution is -2.46. The standard InChI is InChI=1S/C16H23FN2O2/c1-11-3-4-13(7-14(11)17)8-18-16(21)10-19-6-5-15(20)12(2)9-19/h3-4,7,12,15,20H,5-6,8-10H2,1-2H3,(H,18,21). The first-order chi connectivity index (χ1) is 9.95. The Morgan fingerprint density at radius 2 is 2.29 bits per heavy atom. The van der Waals surface area contributed by atoms with Gasteiger partial charge in [0.25, 0.3) is 0 Å². The van der Waals surface area contributed by atoms with Gasteiger partial charge in [-0.05, 0) is 36.5 Å². The summed E-state index contributed by atoms with van der Waals surface area (Å²) in [5.74, 6) is -0.127. The molecule has 2 N–H and O–H groups in total. The first-order valence-electron chi connectivity index (χ1n) is 7.38. The average molecular weight is 294 g/mol. The highest BCUT2D eigenvalue weighted by Gasteiger charge is 2.25. The SMILES string of the molecule is Cc1ccc(CNC(=O)CN2CCC(O)C(C)C2)cc1F. The number of likely N-dealkylation sites (tertiary alicyclic amines) is 1. The van der Waals surface area contributed by atoms with Crippen LogP contribution in [0, 0.1) is 18.7 Å². The van der Waals surface area contributed by atoms with Gasteiger partial charge in [0.15, 0.2) is 0 Å². The molecule has 1 aliphatic heterocycles. The van der Waals surface area contributed by atoms with Crippen molar-refractivity contribution >= 4 is 5.91 Å². The first kappa shape index (κ1) is 15.9. The number of benzene rings is 1. The number of nitrogens with zero attached hydrogens (tertiary/aromatic N) is 1. The van der Waals surface area contributed by atoms with Crippen LogP contribution in [0.25, 0.3) is 0 Å². The monoisotopic (exact) mass is 294 g/mol. The summed E-state index contributed by atoms with van der Waals surface area (Å²) in [4.78, 5) is 14.0. The normalized spacial score (nSPS) is 23.0. The molecule has 1 amide bonds. The molecule has 0 aromatic heterocycles. The van der Waals surface area contributed by atoms with E-state index in [1.54, 1.807) is 13.0 Å². The summed E-state index contributed by atoms with van der Waals surface area (Å²) in [5, 5.41) is 12.5. The van der Waals surface area contributed by atoms with E-state index in [9.17, 15) is 14.3 Å². The smallest absolute Gasteiger partial charge is 0.234 e. The van der Waals surface area contributed by atoms with Crippen molar-refractivity contribution in [1.29, 1.82) is 0 Å². The molecule has 4 nitrogen and oxygen atoms in total. The number of amides is 1. The molecular weight excluding hydrogens is 271 g/mol. The summed E-state index contributed by atoms with van der Waals surface area (Å²) in [5.41, 5.74) is 1.36. The molecule has 0 spiro atoms. The molecule has 1 aromatic carbocycles. The molecule has 0 radical (unpaired) electrons. The molecule has 5 heteroatoms. The second kappa shape index (κ2) is 7.00. The number of aryl methyl sites for hydroxylation is 1. The van der Waals surface area contributed by atoms with Crippen LogP contribution in [0.3, 0.4) is 0 Å². The maximum Gasteiger partial charge on any atom is 0.234 e. The third kappa shape index (κ3) is 4.51. The molecule has 0 bridgehead atoms. The maximum absolute atomic E-state index is 13.4. The minimum absolute atomic E-state index is 0.0698. The number of rotatable bonds is 4. The van der Waals surface area contributed by atoms with Gasteiger partial charge in [0, 0.05) is 19.6 Å². The Hall–Kier alpha value is -1.46. The summed E-state index contributed by atoms with van der Waals surface area (Å²) in [6.07, 6.45) is 0.442. The summed E-state index contributed by atoms with van der Waals surface area (Å²) in [6.45, 7) is 5.83. The largest absolute Gasteiger partial charge is 0.393 e. The van der Waals surface area contributed by atoms with Crippen LogP contribution in [0.2, 0.25) is 0 Å². The van der Waals surface area contributed by atoms with E-state index < -0.39 is 0 Å². The van der Waals surface area contributed by atoms with E-state index in [0.29, 0.717) is 25.1 Å². The molecule has 1 heterocycles. The summed E-state index contributed by atoms with van der Waals surface area (Å²) in [6, 6.07) is 4.98. The number of hydrogen-bond donors (Lipinski definition) is 2. The lowest BCUT2D eigenvalue weighted by molar-refractivity contribution is -0.123. The van der Waals surface area contributed by atoms with Crippen molar-refractivity contribution in [2.24, 2.45) is 5.92 Å². The van der Waals surface area contributed by atoms with Crippen LogP contribution in [0.15, 0.2) is 18.2 Å². The van der Waals surface area contributed by atoms with Gasteiger partial charge in [0.2, 0.25) is 5.91 Å². The lowest BCUT2D eigenvalue weighted by Gasteiger charge is -2.33. The van der Waals surface area contributed by atoms with Gasteiger partial charge in [-0.3, -0.25) is 9.69 Å². The fourth-order valence-corrected chi connectivity index (χ4v) is 2.57. The third-order valence-corrected chi connectivity index (χ3v) is 4.04. The number of aliphatic hydroxyl groups is 1. The lowest BCUT2D eigenvalue weighted by atomic mass is 9.97. The summed E-state index contributed by atoms with van der Waals surface area (Å²) in [7, 11) is 0. The van der Waals surface area contributed by atoms with E-state index in [1.165, 1.54) is 6.07 Å². The number of carbonyl (C=O) groups excluding carboxylic acids is 1. The molecule has 2 unspecified atom stereocenters. The maximum atomic E-state index is 13.4. The van der Waals surface area contributed by atoms with E-state index in [-0.39, 0.29) is 23.7 Å². The van der Waals surface area contributed by atoms with Crippen molar-refractivity contribution in [2.75, 3.05) is 19.6 Å². The minimum Gasteiger partial charge on any atom is -0.393 e. The van der Waals surface area contributed by atoms with Crippen LogP contribution in [-0.4, -0.2) is 41.7 Å². The van der Waals surface area contributed by atoms with Crippen LogP contribution in [0.4, 0.5) is 4.39 Å². The van der Waals surface area contributed by atoms with E-state index in [1.807, 2.05) is 17.9 Å². The molecule has 2 rings (SSSR count). The second-order valence-electron chi connectivity index (χ2n) is 5.93. The molecule has 2 atom stereocenters. The van der Waals surface area contributed by atoms with Crippen molar-refractivity contribution in [2.45, 2.75) is 32.9 Å². The van der Waals surface area contributed by atoms with Gasteiger partial charge in [0.05, 0.1) is 12.6 Å².